The molecule has 1 saturated heterocycles. The van der Waals surface area contributed by atoms with Crippen molar-refractivity contribution >= 4 is 17.7 Å². The number of nitrogens with one attached hydrogen (secondary N) is 2. The molecular weight excluding hydrogens is 170 g/mol. The van der Waals surface area contributed by atoms with E-state index in [2.05, 4.69) is 27.4 Å². The van der Waals surface area contributed by atoms with Gasteiger partial charge in [-0.2, -0.15) is 11.8 Å². The summed E-state index contributed by atoms with van der Waals surface area (Å²) in [5, 5.41) is 6.68. The lowest BCUT2D eigenvalue weighted by Gasteiger charge is -2.23. The van der Waals surface area contributed by atoms with Crippen molar-refractivity contribution in [2.45, 2.75) is 18.9 Å². The largest absolute Gasteiger partial charge is 0.355 e. The lowest BCUT2D eigenvalue weighted by molar-refractivity contribution is 0.561. The number of hydrogen-bond donors (Lipinski definition) is 2. The highest BCUT2D eigenvalue weighted by molar-refractivity contribution is 7.99. The van der Waals surface area contributed by atoms with Gasteiger partial charge in [0.05, 0.1) is 6.54 Å². The van der Waals surface area contributed by atoms with Gasteiger partial charge in [-0.3, -0.25) is 4.99 Å². The van der Waals surface area contributed by atoms with Crippen LogP contribution in [0.25, 0.3) is 0 Å². The Labute approximate surface area is 77.4 Å². The van der Waals surface area contributed by atoms with E-state index in [1.807, 2.05) is 0 Å². The van der Waals surface area contributed by atoms with Crippen molar-refractivity contribution < 1.29 is 0 Å². The quantitative estimate of drug-likeness (QED) is 0.622. The summed E-state index contributed by atoms with van der Waals surface area (Å²) in [6.07, 6.45) is 2.57. The summed E-state index contributed by atoms with van der Waals surface area (Å²) < 4.78 is 0. The van der Waals surface area contributed by atoms with E-state index >= 15 is 0 Å². The van der Waals surface area contributed by atoms with Crippen molar-refractivity contribution in [3.05, 3.63) is 0 Å². The summed E-state index contributed by atoms with van der Waals surface area (Å²) in [4.78, 5) is 4.32. The van der Waals surface area contributed by atoms with Gasteiger partial charge in [0.2, 0.25) is 0 Å². The predicted molar refractivity (Wildman–Crippen MR) is 53.8 cm³/mol. The normalized spacial score (nSPS) is 24.8. The van der Waals surface area contributed by atoms with Crippen LogP contribution in [0.2, 0.25) is 0 Å². The minimum absolute atomic E-state index is 0.663. The average Bonchev–Trinajstić information content (AvgIpc) is 2.59. The Morgan fingerprint density at radius 1 is 1.42 bits per heavy atom. The standard InChI is InChI=1S/C8H15N3S/c1-5-12-6-2-7(1)11-8-9-3-4-10-8/h7H,1-6H2,(H2,9,10,11). The minimum Gasteiger partial charge on any atom is -0.355 e. The third kappa shape index (κ3) is 2.06. The van der Waals surface area contributed by atoms with Crippen LogP contribution >= 0.6 is 11.8 Å². The Bertz CT molecular complexity index is 175. The molecule has 2 rings (SSSR count). The van der Waals surface area contributed by atoms with E-state index in [0.29, 0.717) is 6.04 Å². The van der Waals surface area contributed by atoms with Crippen molar-refractivity contribution in [1.82, 2.24) is 10.6 Å². The molecule has 4 heteroatoms. The first-order valence-corrected chi connectivity index (χ1v) is 5.73. The van der Waals surface area contributed by atoms with Crippen molar-refractivity contribution in [2.75, 3.05) is 24.6 Å². The fraction of sp³-hybridized carbons (Fsp3) is 0.875. The zero-order valence-corrected chi connectivity index (χ0v) is 7.99. The molecule has 0 amide bonds. The van der Waals surface area contributed by atoms with Crippen molar-refractivity contribution in [2.24, 2.45) is 4.99 Å². The molecule has 0 bridgehead atoms. The molecule has 0 saturated carbocycles. The molecule has 1 fully saturated rings. The summed E-state index contributed by atoms with van der Waals surface area (Å²) in [6, 6.07) is 0.663. The highest BCUT2D eigenvalue weighted by atomic mass is 32.2. The first kappa shape index (κ1) is 8.23. The average molecular weight is 185 g/mol. The van der Waals surface area contributed by atoms with E-state index in [1.54, 1.807) is 0 Å². The molecule has 2 heterocycles. The molecule has 3 nitrogen and oxygen atoms in total. The van der Waals surface area contributed by atoms with Crippen molar-refractivity contribution in [1.29, 1.82) is 0 Å². The first-order chi connectivity index (χ1) is 5.95. The molecule has 0 aromatic rings. The molecule has 2 aliphatic rings. The van der Waals surface area contributed by atoms with E-state index in [4.69, 9.17) is 0 Å². The van der Waals surface area contributed by atoms with Crippen LogP contribution in [0.4, 0.5) is 0 Å². The number of rotatable bonds is 1. The van der Waals surface area contributed by atoms with Crippen LogP contribution in [0.1, 0.15) is 12.8 Å². The van der Waals surface area contributed by atoms with E-state index in [0.717, 1.165) is 19.0 Å². The second-order valence-electron chi connectivity index (χ2n) is 3.19. The highest BCUT2D eigenvalue weighted by Crippen LogP contribution is 2.16. The van der Waals surface area contributed by atoms with Gasteiger partial charge in [-0.15, -0.1) is 0 Å². The lowest BCUT2D eigenvalue weighted by atomic mass is 10.2. The Morgan fingerprint density at radius 2 is 2.25 bits per heavy atom. The number of guanidine groups is 1. The summed E-state index contributed by atoms with van der Waals surface area (Å²) in [7, 11) is 0. The number of aliphatic imine (C=N–C) groups is 1. The van der Waals surface area contributed by atoms with Gasteiger partial charge in [0.15, 0.2) is 5.96 Å². The third-order valence-corrected chi connectivity index (χ3v) is 3.29. The Balaban J connectivity index is 1.77. The number of thioether (sulfide) groups is 1. The van der Waals surface area contributed by atoms with Gasteiger partial charge in [-0.05, 0) is 24.3 Å². The Morgan fingerprint density at radius 3 is 2.92 bits per heavy atom. The Kier molecular flexibility index (Phi) is 2.76. The maximum Gasteiger partial charge on any atom is 0.191 e. The molecule has 0 radical (unpaired) electrons. The third-order valence-electron chi connectivity index (χ3n) is 2.24. The molecule has 0 spiro atoms. The minimum atomic E-state index is 0.663. The molecule has 2 N–H and O–H groups in total. The SMILES string of the molecule is C1CNC(NC2CCSCC2)=N1. The summed E-state index contributed by atoms with van der Waals surface area (Å²) in [5.74, 6) is 3.61. The molecule has 0 aromatic carbocycles. The molecular formula is C8H15N3S. The van der Waals surface area contributed by atoms with E-state index < -0.39 is 0 Å². The fourth-order valence-electron chi connectivity index (χ4n) is 1.53. The van der Waals surface area contributed by atoms with Gasteiger partial charge in [0, 0.05) is 12.6 Å². The number of nitrogens with zero attached hydrogens (tertiary/aromatic N) is 1. The van der Waals surface area contributed by atoms with E-state index in [-0.39, 0.29) is 0 Å². The Hall–Kier alpha value is -0.380. The fourth-order valence-corrected chi connectivity index (χ4v) is 2.64. The van der Waals surface area contributed by atoms with Gasteiger partial charge in [-0.1, -0.05) is 0 Å². The van der Waals surface area contributed by atoms with Gasteiger partial charge in [0.25, 0.3) is 0 Å². The molecule has 0 aliphatic carbocycles. The first-order valence-electron chi connectivity index (χ1n) is 4.58. The monoisotopic (exact) mass is 185 g/mol. The molecule has 68 valence electrons. The molecule has 12 heavy (non-hydrogen) atoms. The van der Waals surface area contributed by atoms with Crippen LogP contribution in [0, 0.1) is 0 Å². The molecule has 0 aromatic heterocycles. The van der Waals surface area contributed by atoms with Crippen molar-refractivity contribution in [3.63, 3.8) is 0 Å². The summed E-state index contributed by atoms with van der Waals surface area (Å²) in [5.41, 5.74) is 0. The number of hydrogen-bond acceptors (Lipinski definition) is 4. The smallest absolute Gasteiger partial charge is 0.191 e. The van der Waals surface area contributed by atoms with Crippen LogP contribution in [0.3, 0.4) is 0 Å². The second-order valence-corrected chi connectivity index (χ2v) is 4.41. The van der Waals surface area contributed by atoms with Gasteiger partial charge < -0.3 is 10.6 Å². The van der Waals surface area contributed by atoms with Gasteiger partial charge in [0.1, 0.15) is 0 Å². The zero-order valence-electron chi connectivity index (χ0n) is 7.18. The van der Waals surface area contributed by atoms with Crippen LogP contribution in [0.15, 0.2) is 4.99 Å². The summed E-state index contributed by atoms with van der Waals surface area (Å²) >= 11 is 2.06. The van der Waals surface area contributed by atoms with Crippen LogP contribution in [-0.2, 0) is 0 Å². The zero-order chi connectivity index (χ0) is 8.23. The van der Waals surface area contributed by atoms with Crippen molar-refractivity contribution in [3.8, 4) is 0 Å². The molecule has 0 atom stereocenters. The maximum atomic E-state index is 4.32. The van der Waals surface area contributed by atoms with E-state index in [9.17, 15) is 0 Å². The topological polar surface area (TPSA) is 36.4 Å². The van der Waals surface area contributed by atoms with Gasteiger partial charge in [-0.25, -0.2) is 0 Å². The van der Waals surface area contributed by atoms with Crippen LogP contribution < -0.4 is 10.6 Å². The summed E-state index contributed by atoms with van der Waals surface area (Å²) in [6.45, 7) is 1.94. The maximum absolute atomic E-state index is 4.32. The molecule has 2 aliphatic heterocycles. The highest BCUT2D eigenvalue weighted by Gasteiger charge is 2.15. The van der Waals surface area contributed by atoms with Crippen LogP contribution in [0.5, 0.6) is 0 Å². The molecule has 0 unspecified atom stereocenters. The van der Waals surface area contributed by atoms with Gasteiger partial charge >= 0.3 is 0 Å². The van der Waals surface area contributed by atoms with E-state index in [1.165, 1.54) is 24.3 Å². The van der Waals surface area contributed by atoms with Crippen LogP contribution in [-0.4, -0.2) is 36.6 Å². The second kappa shape index (κ2) is 4.03. The lowest BCUT2D eigenvalue weighted by Crippen LogP contribution is -2.42. The predicted octanol–water partition coefficient (Wildman–Crippen LogP) is 0.431.